The SMILES string of the molecule is CCNc1cc(N(CC)CC(C)CC)nc(C(C)C)n1. The molecule has 1 rings (SSSR count). The van der Waals surface area contributed by atoms with E-state index in [0.717, 1.165) is 37.1 Å². The highest BCUT2D eigenvalue weighted by atomic mass is 15.2. The molecule has 0 fully saturated rings. The van der Waals surface area contributed by atoms with Crippen molar-refractivity contribution in [2.45, 2.75) is 53.9 Å². The Kier molecular flexibility index (Phi) is 6.76. The fourth-order valence-electron chi connectivity index (χ4n) is 2.03. The lowest BCUT2D eigenvalue weighted by Crippen LogP contribution is -2.29. The van der Waals surface area contributed by atoms with Crippen LogP contribution >= 0.6 is 0 Å². The fraction of sp³-hybridized carbons (Fsp3) is 0.750. The Bertz CT molecular complexity index is 403. The highest BCUT2D eigenvalue weighted by Gasteiger charge is 2.14. The van der Waals surface area contributed by atoms with Gasteiger partial charge in [-0.1, -0.05) is 34.1 Å². The number of nitrogens with zero attached hydrogens (tertiary/aromatic N) is 3. The lowest BCUT2D eigenvalue weighted by atomic mass is 10.1. The molecular weight excluding hydrogens is 248 g/mol. The molecule has 1 unspecified atom stereocenters. The molecule has 114 valence electrons. The van der Waals surface area contributed by atoms with Gasteiger partial charge >= 0.3 is 0 Å². The van der Waals surface area contributed by atoms with Crippen molar-refractivity contribution in [3.8, 4) is 0 Å². The first-order chi connectivity index (χ1) is 9.51. The molecule has 4 nitrogen and oxygen atoms in total. The number of rotatable bonds is 8. The van der Waals surface area contributed by atoms with Crippen molar-refractivity contribution in [2.75, 3.05) is 29.9 Å². The van der Waals surface area contributed by atoms with Crippen molar-refractivity contribution >= 4 is 11.6 Å². The van der Waals surface area contributed by atoms with E-state index < -0.39 is 0 Å². The first-order valence-electron chi connectivity index (χ1n) is 7.89. The quantitative estimate of drug-likeness (QED) is 0.783. The minimum absolute atomic E-state index is 0.342. The second-order valence-electron chi connectivity index (χ2n) is 5.71. The van der Waals surface area contributed by atoms with Crippen LogP contribution in [0.2, 0.25) is 0 Å². The van der Waals surface area contributed by atoms with E-state index in [9.17, 15) is 0 Å². The lowest BCUT2D eigenvalue weighted by Gasteiger charge is -2.26. The van der Waals surface area contributed by atoms with Crippen LogP contribution in [-0.2, 0) is 0 Å². The molecule has 0 aliphatic heterocycles. The van der Waals surface area contributed by atoms with Crippen LogP contribution < -0.4 is 10.2 Å². The van der Waals surface area contributed by atoms with Crippen LogP contribution in [0.1, 0.15) is 59.7 Å². The van der Waals surface area contributed by atoms with Gasteiger partial charge in [-0.15, -0.1) is 0 Å². The Balaban J connectivity index is 3.06. The molecule has 1 aromatic rings. The van der Waals surface area contributed by atoms with E-state index in [2.05, 4.69) is 62.8 Å². The topological polar surface area (TPSA) is 41.0 Å². The summed E-state index contributed by atoms with van der Waals surface area (Å²) in [4.78, 5) is 11.7. The van der Waals surface area contributed by atoms with Crippen molar-refractivity contribution in [2.24, 2.45) is 5.92 Å². The zero-order chi connectivity index (χ0) is 15.1. The van der Waals surface area contributed by atoms with Gasteiger partial charge in [0.15, 0.2) is 0 Å². The van der Waals surface area contributed by atoms with Crippen LogP contribution in [0.25, 0.3) is 0 Å². The van der Waals surface area contributed by atoms with Crippen molar-refractivity contribution < 1.29 is 0 Å². The fourth-order valence-corrected chi connectivity index (χ4v) is 2.03. The first-order valence-corrected chi connectivity index (χ1v) is 7.89. The molecule has 0 bridgehead atoms. The normalized spacial score (nSPS) is 12.6. The summed E-state index contributed by atoms with van der Waals surface area (Å²) in [6.07, 6.45) is 1.19. The van der Waals surface area contributed by atoms with Crippen LogP contribution in [0.15, 0.2) is 6.07 Å². The van der Waals surface area contributed by atoms with Crippen molar-refractivity contribution in [3.05, 3.63) is 11.9 Å². The zero-order valence-electron chi connectivity index (χ0n) is 13.9. The molecule has 0 spiro atoms. The molecule has 1 aromatic heterocycles. The summed E-state index contributed by atoms with van der Waals surface area (Å²) in [6.45, 7) is 16.0. The minimum atomic E-state index is 0.342. The lowest BCUT2D eigenvalue weighted by molar-refractivity contribution is 0.544. The second-order valence-corrected chi connectivity index (χ2v) is 5.71. The third-order valence-electron chi connectivity index (χ3n) is 3.54. The van der Waals surface area contributed by atoms with E-state index in [4.69, 9.17) is 4.98 Å². The molecule has 0 aliphatic rings. The Morgan fingerprint density at radius 3 is 2.35 bits per heavy atom. The summed E-state index contributed by atoms with van der Waals surface area (Å²) in [6, 6.07) is 2.07. The van der Waals surface area contributed by atoms with Crippen molar-refractivity contribution in [1.29, 1.82) is 0 Å². The number of anilines is 2. The van der Waals surface area contributed by atoms with Gasteiger partial charge in [0.05, 0.1) is 0 Å². The maximum atomic E-state index is 4.75. The average Bonchev–Trinajstić information content (AvgIpc) is 2.44. The summed E-state index contributed by atoms with van der Waals surface area (Å²) in [5, 5.41) is 3.31. The van der Waals surface area contributed by atoms with E-state index in [1.165, 1.54) is 6.42 Å². The van der Waals surface area contributed by atoms with Gasteiger partial charge in [0.2, 0.25) is 0 Å². The summed E-state index contributed by atoms with van der Waals surface area (Å²) in [7, 11) is 0. The van der Waals surface area contributed by atoms with Gasteiger partial charge < -0.3 is 10.2 Å². The highest BCUT2D eigenvalue weighted by Crippen LogP contribution is 2.21. The van der Waals surface area contributed by atoms with E-state index in [-0.39, 0.29) is 0 Å². The van der Waals surface area contributed by atoms with Crippen LogP contribution in [0, 0.1) is 5.92 Å². The van der Waals surface area contributed by atoms with E-state index in [1.54, 1.807) is 0 Å². The van der Waals surface area contributed by atoms with Crippen LogP contribution in [0.4, 0.5) is 11.6 Å². The van der Waals surface area contributed by atoms with Gasteiger partial charge in [0, 0.05) is 31.6 Å². The monoisotopic (exact) mass is 278 g/mol. The average molecular weight is 278 g/mol. The molecule has 1 atom stereocenters. The second kappa shape index (κ2) is 8.08. The molecule has 0 radical (unpaired) electrons. The van der Waals surface area contributed by atoms with Crippen LogP contribution in [0.5, 0.6) is 0 Å². The molecule has 4 heteroatoms. The van der Waals surface area contributed by atoms with Crippen molar-refractivity contribution in [3.63, 3.8) is 0 Å². The molecule has 1 heterocycles. The molecular formula is C16H30N4. The van der Waals surface area contributed by atoms with Gasteiger partial charge in [0.1, 0.15) is 17.5 Å². The summed E-state index contributed by atoms with van der Waals surface area (Å²) in [5.41, 5.74) is 0. The summed E-state index contributed by atoms with van der Waals surface area (Å²) >= 11 is 0. The number of nitrogens with one attached hydrogen (secondary N) is 1. The number of hydrogen-bond donors (Lipinski definition) is 1. The predicted molar refractivity (Wildman–Crippen MR) is 87.6 cm³/mol. The zero-order valence-corrected chi connectivity index (χ0v) is 13.9. The summed E-state index contributed by atoms with van der Waals surface area (Å²) < 4.78 is 0. The first kappa shape index (κ1) is 16.7. The molecule has 20 heavy (non-hydrogen) atoms. The van der Waals surface area contributed by atoms with Crippen LogP contribution in [0.3, 0.4) is 0 Å². The molecule has 1 N–H and O–H groups in total. The van der Waals surface area contributed by atoms with E-state index in [1.807, 2.05) is 0 Å². The van der Waals surface area contributed by atoms with Crippen LogP contribution in [-0.4, -0.2) is 29.6 Å². The maximum Gasteiger partial charge on any atom is 0.135 e. The summed E-state index contributed by atoms with van der Waals surface area (Å²) in [5.74, 6) is 3.91. The molecule has 0 amide bonds. The predicted octanol–water partition coefficient (Wildman–Crippen LogP) is 3.90. The highest BCUT2D eigenvalue weighted by molar-refractivity contribution is 5.49. The Morgan fingerprint density at radius 2 is 1.85 bits per heavy atom. The van der Waals surface area contributed by atoms with Crippen molar-refractivity contribution in [1.82, 2.24) is 9.97 Å². The number of hydrogen-bond acceptors (Lipinski definition) is 4. The number of aromatic nitrogens is 2. The largest absolute Gasteiger partial charge is 0.370 e. The Morgan fingerprint density at radius 1 is 1.15 bits per heavy atom. The standard InChI is InChI=1S/C16H30N4/c1-7-13(6)11-20(9-3)15-10-14(17-8-2)18-16(19-15)12(4)5/h10,12-13H,7-9,11H2,1-6H3,(H,17,18,19). The molecule has 0 aliphatic carbocycles. The van der Waals surface area contributed by atoms with E-state index >= 15 is 0 Å². The van der Waals surface area contributed by atoms with E-state index in [0.29, 0.717) is 11.8 Å². The van der Waals surface area contributed by atoms with Gasteiger partial charge in [0.25, 0.3) is 0 Å². The van der Waals surface area contributed by atoms with Gasteiger partial charge in [-0.2, -0.15) is 0 Å². The maximum absolute atomic E-state index is 4.75. The van der Waals surface area contributed by atoms with Gasteiger partial charge in [-0.25, -0.2) is 9.97 Å². The smallest absolute Gasteiger partial charge is 0.135 e. The third-order valence-corrected chi connectivity index (χ3v) is 3.54. The third kappa shape index (κ3) is 4.66. The minimum Gasteiger partial charge on any atom is -0.370 e. The van der Waals surface area contributed by atoms with Gasteiger partial charge in [-0.05, 0) is 19.8 Å². The van der Waals surface area contributed by atoms with Gasteiger partial charge in [-0.3, -0.25) is 0 Å². The Labute approximate surface area is 124 Å². The molecule has 0 aromatic carbocycles. The molecule has 0 saturated heterocycles. The molecule has 0 saturated carbocycles. The Hall–Kier alpha value is -1.32.